The first-order valence-corrected chi connectivity index (χ1v) is 8.13. The number of hydrogen-bond acceptors (Lipinski definition) is 4. The molecular formula is C17H23ClFN3O. The first kappa shape index (κ1) is 16.7. The average molecular weight is 340 g/mol. The quantitative estimate of drug-likeness (QED) is 0.931. The maximum atomic E-state index is 13.2. The van der Waals surface area contributed by atoms with Gasteiger partial charge >= 0.3 is 0 Å². The number of halogens is 2. The highest BCUT2D eigenvalue weighted by atomic mass is 35.5. The van der Waals surface area contributed by atoms with Crippen LogP contribution in [0.25, 0.3) is 11.0 Å². The fraction of sp³-hybridized carbons (Fsp3) is 0.529. The van der Waals surface area contributed by atoms with Gasteiger partial charge < -0.3 is 9.73 Å². The Morgan fingerprint density at radius 2 is 2.00 bits per heavy atom. The molecular weight excluding hydrogens is 317 g/mol. The second-order valence-electron chi connectivity index (χ2n) is 6.36. The monoisotopic (exact) mass is 339 g/mol. The van der Waals surface area contributed by atoms with Crippen molar-refractivity contribution in [3.63, 3.8) is 0 Å². The van der Waals surface area contributed by atoms with E-state index in [2.05, 4.69) is 15.1 Å². The molecule has 1 aromatic carbocycles. The lowest BCUT2D eigenvalue weighted by molar-refractivity contribution is 0.169. The first-order valence-electron chi connectivity index (χ1n) is 8.13. The second-order valence-corrected chi connectivity index (χ2v) is 6.36. The fourth-order valence-electron chi connectivity index (χ4n) is 3.67. The van der Waals surface area contributed by atoms with Gasteiger partial charge in [-0.2, -0.15) is 0 Å². The van der Waals surface area contributed by atoms with Gasteiger partial charge in [-0.05, 0) is 30.7 Å². The van der Waals surface area contributed by atoms with Crippen LogP contribution >= 0.6 is 12.4 Å². The van der Waals surface area contributed by atoms with Crippen molar-refractivity contribution in [1.82, 2.24) is 15.1 Å². The summed E-state index contributed by atoms with van der Waals surface area (Å²) in [5.41, 5.74) is 0.772. The molecule has 0 amide bonds. The standard InChI is InChI=1S/C17H22FN3O.ClH/c18-14-1-2-17-13(9-14)10-16(22-17)12-20-6-3-15(11-20)21-7-4-19-5-8-21;/h1-2,9-10,15,19H,3-8,11-12H2;1H. The summed E-state index contributed by atoms with van der Waals surface area (Å²) in [6.07, 6.45) is 1.23. The normalized spacial score (nSPS) is 23.3. The van der Waals surface area contributed by atoms with Gasteiger partial charge in [-0.15, -0.1) is 12.4 Å². The Hall–Kier alpha value is -1.14. The predicted molar refractivity (Wildman–Crippen MR) is 91.5 cm³/mol. The number of rotatable bonds is 3. The van der Waals surface area contributed by atoms with Crippen LogP contribution in [-0.2, 0) is 6.54 Å². The lowest BCUT2D eigenvalue weighted by Gasteiger charge is -2.32. The van der Waals surface area contributed by atoms with Gasteiger partial charge in [0.15, 0.2) is 0 Å². The maximum absolute atomic E-state index is 13.2. The third-order valence-corrected chi connectivity index (χ3v) is 4.82. The van der Waals surface area contributed by atoms with Crippen molar-refractivity contribution in [2.45, 2.75) is 19.0 Å². The molecule has 1 N–H and O–H groups in total. The van der Waals surface area contributed by atoms with E-state index in [1.807, 2.05) is 6.07 Å². The van der Waals surface area contributed by atoms with E-state index >= 15 is 0 Å². The van der Waals surface area contributed by atoms with Crippen molar-refractivity contribution >= 4 is 23.4 Å². The van der Waals surface area contributed by atoms with E-state index in [0.717, 1.165) is 62.5 Å². The molecule has 1 atom stereocenters. The molecule has 0 radical (unpaired) electrons. The minimum atomic E-state index is -0.209. The molecule has 6 heteroatoms. The molecule has 3 heterocycles. The van der Waals surface area contributed by atoms with Crippen LogP contribution in [0.3, 0.4) is 0 Å². The molecule has 2 aliphatic rings. The summed E-state index contributed by atoms with van der Waals surface area (Å²) in [5.74, 6) is 0.723. The van der Waals surface area contributed by atoms with E-state index in [0.29, 0.717) is 6.04 Å². The van der Waals surface area contributed by atoms with E-state index in [1.54, 1.807) is 6.07 Å². The number of benzene rings is 1. The number of likely N-dealkylation sites (tertiary alicyclic amines) is 1. The molecule has 2 saturated heterocycles. The van der Waals surface area contributed by atoms with Crippen LogP contribution in [0, 0.1) is 5.82 Å². The Morgan fingerprint density at radius 1 is 1.17 bits per heavy atom. The maximum Gasteiger partial charge on any atom is 0.134 e. The third-order valence-electron chi connectivity index (χ3n) is 4.82. The zero-order chi connectivity index (χ0) is 14.9. The van der Waals surface area contributed by atoms with E-state index in [1.165, 1.54) is 18.6 Å². The molecule has 126 valence electrons. The number of hydrogen-bond donors (Lipinski definition) is 1. The number of fused-ring (bicyclic) bond motifs is 1. The Balaban J connectivity index is 0.00000156. The van der Waals surface area contributed by atoms with E-state index in [-0.39, 0.29) is 18.2 Å². The summed E-state index contributed by atoms with van der Waals surface area (Å²) >= 11 is 0. The van der Waals surface area contributed by atoms with Crippen molar-refractivity contribution in [1.29, 1.82) is 0 Å². The average Bonchev–Trinajstić information content (AvgIpc) is 3.14. The number of furan rings is 1. The molecule has 1 unspecified atom stereocenters. The smallest absolute Gasteiger partial charge is 0.134 e. The summed E-state index contributed by atoms with van der Waals surface area (Å²) in [7, 11) is 0. The van der Waals surface area contributed by atoms with Crippen LogP contribution in [0.5, 0.6) is 0 Å². The number of nitrogens with one attached hydrogen (secondary N) is 1. The van der Waals surface area contributed by atoms with E-state index in [4.69, 9.17) is 4.42 Å². The van der Waals surface area contributed by atoms with Gasteiger partial charge in [0.1, 0.15) is 17.2 Å². The zero-order valence-corrected chi connectivity index (χ0v) is 13.9. The summed E-state index contributed by atoms with van der Waals surface area (Å²) in [6, 6.07) is 7.34. The van der Waals surface area contributed by atoms with Gasteiger partial charge in [-0.25, -0.2) is 4.39 Å². The highest BCUT2D eigenvalue weighted by Gasteiger charge is 2.28. The van der Waals surface area contributed by atoms with Crippen LogP contribution in [0.15, 0.2) is 28.7 Å². The van der Waals surface area contributed by atoms with Crippen molar-refractivity contribution in [2.75, 3.05) is 39.3 Å². The zero-order valence-electron chi connectivity index (χ0n) is 13.1. The van der Waals surface area contributed by atoms with Gasteiger partial charge in [0.25, 0.3) is 0 Å². The molecule has 23 heavy (non-hydrogen) atoms. The Morgan fingerprint density at radius 3 is 2.83 bits per heavy atom. The molecule has 4 nitrogen and oxygen atoms in total. The lowest BCUT2D eigenvalue weighted by atomic mass is 10.2. The number of piperazine rings is 1. The molecule has 0 saturated carbocycles. The summed E-state index contributed by atoms with van der Waals surface area (Å²) in [4.78, 5) is 5.05. The van der Waals surface area contributed by atoms with Gasteiger partial charge in [0, 0.05) is 50.7 Å². The van der Waals surface area contributed by atoms with Crippen LogP contribution in [-0.4, -0.2) is 55.1 Å². The summed E-state index contributed by atoms with van der Waals surface area (Å²) < 4.78 is 19.1. The molecule has 2 aromatic rings. The van der Waals surface area contributed by atoms with Gasteiger partial charge in [-0.3, -0.25) is 9.80 Å². The summed E-state index contributed by atoms with van der Waals surface area (Å²) in [6.45, 7) is 7.55. The fourth-order valence-corrected chi connectivity index (χ4v) is 3.67. The molecule has 2 aliphatic heterocycles. The van der Waals surface area contributed by atoms with E-state index < -0.39 is 0 Å². The Kier molecular flexibility index (Phi) is 5.21. The van der Waals surface area contributed by atoms with Crippen LogP contribution in [0.1, 0.15) is 12.2 Å². The number of nitrogens with zero attached hydrogens (tertiary/aromatic N) is 2. The molecule has 0 aliphatic carbocycles. The summed E-state index contributed by atoms with van der Waals surface area (Å²) in [5, 5.41) is 4.26. The van der Waals surface area contributed by atoms with Crippen molar-refractivity contribution in [3.05, 3.63) is 35.8 Å². The minimum absolute atomic E-state index is 0. The SMILES string of the molecule is Cl.Fc1ccc2oc(CN3CCC(N4CCNCC4)C3)cc2c1. The largest absolute Gasteiger partial charge is 0.460 e. The highest BCUT2D eigenvalue weighted by molar-refractivity contribution is 5.85. The molecule has 1 aromatic heterocycles. The van der Waals surface area contributed by atoms with Crippen molar-refractivity contribution < 1.29 is 8.81 Å². The Labute approximate surface area is 142 Å². The lowest BCUT2D eigenvalue weighted by Crippen LogP contribution is -2.49. The minimum Gasteiger partial charge on any atom is -0.460 e. The van der Waals surface area contributed by atoms with Crippen LogP contribution in [0.4, 0.5) is 4.39 Å². The van der Waals surface area contributed by atoms with Crippen molar-refractivity contribution in [3.8, 4) is 0 Å². The highest BCUT2D eigenvalue weighted by Crippen LogP contribution is 2.24. The van der Waals surface area contributed by atoms with Crippen LogP contribution < -0.4 is 5.32 Å². The van der Waals surface area contributed by atoms with Crippen LogP contribution in [0.2, 0.25) is 0 Å². The van der Waals surface area contributed by atoms with E-state index in [9.17, 15) is 4.39 Å². The first-order chi connectivity index (χ1) is 10.8. The second kappa shape index (κ2) is 7.18. The van der Waals surface area contributed by atoms with Crippen molar-refractivity contribution in [2.24, 2.45) is 0 Å². The molecule has 0 bridgehead atoms. The third kappa shape index (κ3) is 3.69. The molecule has 0 spiro atoms. The predicted octanol–water partition coefficient (Wildman–Crippen LogP) is 2.47. The molecule has 4 rings (SSSR count). The van der Waals surface area contributed by atoms with Gasteiger partial charge in [0.05, 0.1) is 6.54 Å². The Bertz CT molecular complexity index is 656. The molecule has 2 fully saturated rings. The van der Waals surface area contributed by atoms with Gasteiger partial charge in [0.2, 0.25) is 0 Å². The van der Waals surface area contributed by atoms with Gasteiger partial charge in [-0.1, -0.05) is 0 Å². The topological polar surface area (TPSA) is 31.7 Å².